The quantitative estimate of drug-likeness (QED) is 0.418. The Hall–Kier alpha value is -1.57. The van der Waals surface area contributed by atoms with E-state index in [0.717, 1.165) is 5.57 Å². The van der Waals surface area contributed by atoms with E-state index >= 15 is 0 Å². The van der Waals surface area contributed by atoms with Crippen molar-refractivity contribution in [2.75, 3.05) is 0 Å². The molecule has 0 aromatic rings. The van der Waals surface area contributed by atoms with Gasteiger partial charge in [0.1, 0.15) is 24.1 Å². The number of Topliss-reactive ketones (excluding diaryl/α,β-unsaturated/α-hetero) is 2. The van der Waals surface area contributed by atoms with Gasteiger partial charge in [0, 0.05) is 25.7 Å². The first kappa shape index (κ1) is 17.8. The summed E-state index contributed by atoms with van der Waals surface area (Å²) in [7, 11) is 0. The Labute approximate surface area is 151 Å². The van der Waals surface area contributed by atoms with Crippen LogP contribution in [0.4, 0.5) is 0 Å². The molecule has 142 valence electrons. The number of ketones is 2. The molecule has 0 aromatic heterocycles. The maximum Gasteiger partial charge on any atom is 0.344 e. The molecule has 4 fully saturated rings. The molecule has 0 aromatic carbocycles. The summed E-state index contributed by atoms with van der Waals surface area (Å²) >= 11 is 0. The minimum absolute atomic E-state index is 0.0316. The number of rotatable bonds is 1. The molecular weight excluding hydrogens is 340 g/mol. The van der Waals surface area contributed by atoms with Crippen LogP contribution in [0.15, 0.2) is 12.2 Å². The van der Waals surface area contributed by atoms with Crippen LogP contribution in [-0.4, -0.2) is 58.3 Å². The summed E-state index contributed by atoms with van der Waals surface area (Å²) < 4.78 is 17.0. The van der Waals surface area contributed by atoms with E-state index in [-0.39, 0.29) is 43.2 Å². The van der Waals surface area contributed by atoms with Crippen LogP contribution in [0, 0.1) is 5.92 Å². The molecule has 4 aliphatic heterocycles. The number of epoxide rings is 1. The molecular formula is C19H24O7. The van der Waals surface area contributed by atoms with Crippen LogP contribution in [0.2, 0.25) is 0 Å². The second-order valence-electron chi connectivity index (χ2n) is 8.42. The van der Waals surface area contributed by atoms with E-state index in [1.165, 1.54) is 0 Å². The topological polar surface area (TPSA) is 102 Å². The van der Waals surface area contributed by atoms with Gasteiger partial charge in [-0.1, -0.05) is 12.2 Å². The maximum atomic E-state index is 12.5. The highest BCUT2D eigenvalue weighted by molar-refractivity contribution is 5.92. The van der Waals surface area contributed by atoms with Crippen LogP contribution in [0.5, 0.6) is 0 Å². The highest BCUT2D eigenvalue weighted by atomic mass is 16.7. The standard InChI is InChI=1S/C19H24O7/c1-9(2)10-4-11(20)6-13-12(21)7-18(3,25-13)8-14-16-19(26-16,15(22)5-10)17(23)24-14/h10,13-16,22H,1,4-8H2,2-3H3/t10-,13-,14-,15-,16-,18-,19?/m1/s1. The average Bonchev–Trinajstić information content (AvgIpc) is 3.15. The SMILES string of the molecule is C=C(C)[C@@H]1CC(=O)C[C@H]2O[C@](C)(CC2=O)C[C@H]2OC(=O)C3(O[C@H]23)[C@H](O)C1. The van der Waals surface area contributed by atoms with Gasteiger partial charge in [0.2, 0.25) is 5.60 Å². The number of aliphatic hydroxyl groups is 1. The van der Waals surface area contributed by atoms with Crippen LogP contribution < -0.4 is 0 Å². The molecule has 26 heavy (non-hydrogen) atoms. The summed E-state index contributed by atoms with van der Waals surface area (Å²) in [4.78, 5) is 37.2. The second kappa shape index (κ2) is 5.71. The van der Waals surface area contributed by atoms with Gasteiger partial charge in [-0.25, -0.2) is 4.79 Å². The van der Waals surface area contributed by atoms with Crippen molar-refractivity contribution in [2.45, 2.75) is 81.6 Å². The van der Waals surface area contributed by atoms with Crippen molar-refractivity contribution >= 4 is 17.5 Å². The van der Waals surface area contributed by atoms with E-state index in [0.29, 0.717) is 6.42 Å². The van der Waals surface area contributed by atoms with Gasteiger partial charge in [-0.15, -0.1) is 0 Å². The van der Waals surface area contributed by atoms with Crippen molar-refractivity contribution < 1.29 is 33.7 Å². The third-order valence-corrected chi connectivity index (χ3v) is 6.16. The third kappa shape index (κ3) is 2.64. The molecule has 0 aliphatic carbocycles. The molecule has 0 amide bonds. The summed E-state index contributed by atoms with van der Waals surface area (Å²) in [6, 6.07) is 0. The summed E-state index contributed by atoms with van der Waals surface area (Å²) in [5, 5.41) is 10.7. The lowest BCUT2D eigenvalue weighted by Gasteiger charge is -2.27. The summed E-state index contributed by atoms with van der Waals surface area (Å²) in [5.41, 5.74) is -1.41. The van der Waals surface area contributed by atoms with Gasteiger partial charge in [0.15, 0.2) is 5.78 Å². The zero-order valence-corrected chi connectivity index (χ0v) is 15.0. The van der Waals surface area contributed by atoms with Crippen molar-refractivity contribution in [3.8, 4) is 0 Å². The Morgan fingerprint density at radius 1 is 1.23 bits per heavy atom. The highest BCUT2D eigenvalue weighted by Crippen LogP contribution is 2.53. The number of hydrogen-bond acceptors (Lipinski definition) is 7. The Morgan fingerprint density at radius 3 is 2.62 bits per heavy atom. The van der Waals surface area contributed by atoms with Crippen LogP contribution in [0.1, 0.15) is 46.0 Å². The van der Waals surface area contributed by atoms with Crippen molar-refractivity contribution in [1.82, 2.24) is 0 Å². The first-order valence-corrected chi connectivity index (χ1v) is 9.09. The molecule has 4 heterocycles. The molecule has 0 spiro atoms. The fourth-order valence-electron chi connectivity index (χ4n) is 4.64. The Kier molecular flexibility index (Phi) is 3.92. The normalized spacial score (nSPS) is 48.1. The molecule has 4 saturated heterocycles. The van der Waals surface area contributed by atoms with Gasteiger partial charge in [0.25, 0.3) is 0 Å². The highest BCUT2D eigenvalue weighted by Gasteiger charge is 2.77. The molecule has 1 unspecified atom stereocenters. The number of hydrogen-bond donors (Lipinski definition) is 1. The average molecular weight is 364 g/mol. The minimum Gasteiger partial charge on any atom is -0.457 e. The Balaban J connectivity index is 1.66. The van der Waals surface area contributed by atoms with Gasteiger partial charge < -0.3 is 19.3 Å². The van der Waals surface area contributed by atoms with Gasteiger partial charge in [-0.3, -0.25) is 9.59 Å². The lowest BCUT2D eigenvalue weighted by atomic mass is 9.83. The Bertz CT molecular complexity index is 700. The maximum absolute atomic E-state index is 12.5. The van der Waals surface area contributed by atoms with Crippen LogP contribution in [0.25, 0.3) is 0 Å². The molecule has 4 bridgehead atoms. The van der Waals surface area contributed by atoms with Crippen LogP contribution >= 0.6 is 0 Å². The minimum atomic E-state index is -1.35. The molecule has 7 atom stereocenters. The van der Waals surface area contributed by atoms with Crippen LogP contribution in [-0.2, 0) is 28.6 Å². The van der Waals surface area contributed by atoms with Gasteiger partial charge in [0.05, 0.1) is 11.7 Å². The monoisotopic (exact) mass is 364 g/mol. The number of ether oxygens (including phenoxy) is 3. The van der Waals surface area contributed by atoms with E-state index in [1.54, 1.807) is 13.8 Å². The molecule has 7 heteroatoms. The summed E-state index contributed by atoms with van der Waals surface area (Å²) in [6.45, 7) is 7.48. The lowest BCUT2D eigenvalue weighted by molar-refractivity contribution is -0.162. The van der Waals surface area contributed by atoms with E-state index in [4.69, 9.17) is 14.2 Å². The summed E-state index contributed by atoms with van der Waals surface area (Å²) in [6.07, 6.45) is -2.08. The van der Waals surface area contributed by atoms with Crippen molar-refractivity contribution in [1.29, 1.82) is 0 Å². The lowest BCUT2D eigenvalue weighted by Crippen LogP contribution is -2.39. The number of esters is 1. The molecule has 4 aliphatic rings. The molecule has 4 rings (SSSR count). The summed E-state index contributed by atoms with van der Waals surface area (Å²) in [5.74, 6) is -1.08. The van der Waals surface area contributed by atoms with Gasteiger partial charge in [-0.05, 0) is 26.2 Å². The van der Waals surface area contributed by atoms with Gasteiger partial charge in [-0.2, -0.15) is 0 Å². The van der Waals surface area contributed by atoms with Crippen molar-refractivity contribution in [3.63, 3.8) is 0 Å². The van der Waals surface area contributed by atoms with E-state index in [2.05, 4.69) is 6.58 Å². The van der Waals surface area contributed by atoms with Crippen molar-refractivity contribution in [2.24, 2.45) is 5.92 Å². The number of aliphatic hydroxyl groups excluding tert-OH is 1. The number of allylic oxidation sites excluding steroid dienone is 1. The number of fused-ring (bicyclic) bond motifs is 2. The largest absolute Gasteiger partial charge is 0.457 e. The predicted molar refractivity (Wildman–Crippen MR) is 88.2 cm³/mol. The molecule has 0 saturated carbocycles. The second-order valence-corrected chi connectivity index (χ2v) is 8.42. The number of carbonyl (C=O) groups is 3. The van der Waals surface area contributed by atoms with E-state index in [9.17, 15) is 19.5 Å². The molecule has 7 nitrogen and oxygen atoms in total. The zero-order valence-electron chi connectivity index (χ0n) is 15.0. The fourth-order valence-corrected chi connectivity index (χ4v) is 4.64. The first-order chi connectivity index (χ1) is 12.1. The van der Waals surface area contributed by atoms with Gasteiger partial charge >= 0.3 is 5.97 Å². The van der Waals surface area contributed by atoms with Crippen LogP contribution in [0.3, 0.4) is 0 Å². The zero-order chi connectivity index (χ0) is 18.9. The Morgan fingerprint density at radius 2 is 1.96 bits per heavy atom. The predicted octanol–water partition coefficient (Wildman–Crippen LogP) is 0.862. The smallest absolute Gasteiger partial charge is 0.344 e. The fraction of sp³-hybridized carbons (Fsp3) is 0.737. The number of carbonyl (C=O) groups excluding carboxylic acids is 3. The third-order valence-electron chi connectivity index (χ3n) is 6.16. The molecule has 1 N–H and O–H groups in total. The molecule has 0 radical (unpaired) electrons. The van der Waals surface area contributed by atoms with E-state index < -0.39 is 41.6 Å². The van der Waals surface area contributed by atoms with E-state index in [1.807, 2.05) is 0 Å². The van der Waals surface area contributed by atoms with Crippen molar-refractivity contribution in [3.05, 3.63) is 12.2 Å². The first-order valence-electron chi connectivity index (χ1n) is 9.09.